The lowest BCUT2D eigenvalue weighted by Crippen LogP contribution is -2.49. The maximum absolute atomic E-state index is 13.3. The average molecular weight is 287 g/mol. The smallest absolute Gasteiger partial charge is 0.165 e. The second-order valence-corrected chi connectivity index (χ2v) is 5.54. The molecule has 0 saturated heterocycles. The molecule has 0 radical (unpaired) electrons. The Morgan fingerprint density at radius 2 is 2.05 bits per heavy atom. The second kappa shape index (κ2) is 7.55. The summed E-state index contributed by atoms with van der Waals surface area (Å²) in [6.45, 7) is 6.23. The van der Waals surface area contributed by atoms with Crippen molar-refractivity contribution in [3.05, 3.63) is 29.8 Å². The van der Waals surface area contributed by atoms with Crippen molar-refractivity contribution in [2.45, 2.75) is 45.2 Å². The molecule has 2 N–H and O–H groups in total. The van der Waals surface area contributed by atoms with Crippen molar-refractivity contribution in [3.63, 3.8) is 0 Å². The Kier molecular flexibility index (Phi) is 6.36. The predicted molar refractivity (Wildman–Crippen MR) is 74.8 cm³/mol. The topological polar surface area (TPSA) is 41.5 Å². The van der Waals surface area contributed by atoms with Gasteiger partial charge in [-0.2, -0.15) is 0 Å². The Hall–Kier alpha value is -1.20. The van der Waals surface area contributed by atoms with E-state index in [2.05, 4.69) is 5.32 Å². The highest BCUT2D eigenvalue weighted by Crippen LogP contribution is 2.19. The van der Waals surface area contributed by atoms with E-state index in [9.17, 15) is 13.9 Å². The van der Waals surface area contributed by atoms with E-state index in [0.29, 0.717) is 12.8 Å². The molecule has 1 unspecified atom stereocenters. The van der Waals surface area contributed by atoms with Crippen LogP contribution >= 0.6 is 0 Å². The number of halogens is 2. The highest BCUT2D eigenvalue weighted by Gasteiger charge is 2.23. The van der Waals surface area contributed by atoms with E-state index in [4.69, 9.17) is 4.74 Å². The van der Waals surface area contributed by atoms with Gasteiger partial charge in [0.1, 0.15) is 5.82 Å². The predicted octanol–water partition coefficient (Wildman–Crippen LogP) is 2.87. The minimum atomic E-state index is -0.573. The van der Waals surface area contributed by atoms with Crippen LogP contribution in [0.3, 0.4) is 0 Å². The van der Waals surface area contributed by atoms with Gasteiger partial charge in [0, 0.05) is 17.6 Å². The summed E-state index contributed by atoms with van der Waals surface area (Å²) >= 11 is 0. The molecule has 1 aromatic rings. The molecule has 1 rings (SSSR count). The molecule has 1 aromatic carbocycles. The zero-order valence-corrected chi connectivity index (χ0v) is 12.2. The SMILES string of the molecule is CC(C)NC(C)(CO)CCCOc1cc(F)ccc1F. The Bertz CT molecular complexity index is 426. The van der Waals surface area contributed by atoms with Crippen LogP contribution in [0.2, 0.25) is 0 Å². The van der Waals surface area contributed by atoms with Crippen LogP contribution < -0.4 is 10.1 Å². The molecule has 0 aliphatic heterocycles. The van der Waals surface area contributed by atoms with Crippen LogP contribution in [0, 0.1) is 11.6 Å². The third-order valence-electron chi connectivity index (χ3n) is 3.01. The van der Waals surface area contributed by atoms with Gasteiger partial charge < -0.3 is 15.2 Å². The first-order chi connectivity index (χ1) is 9.36. The Morgan fingerprint density at radius 3 is 2.65 bits per heavy atom. The lowest BCUT2D eigenvalue weighted by molar-refractivity contribution is 0.147. The summed E-state index contributed by atoms with van der Waals surface area (Å²) in [5.41, 5.74) is -0.391. The Labute approximate surface area is 119 Å². The number of ether oxygens (including phenoxy) is 1. The van der Waals surface area contributed by atoms with Gasteiger partial charge in [0.25, 0.3) is 0 Å². The molecule has 0 heterocycles. The summed E-state index contributed by atoms with van der Waals surface area (Å²) in [5, 5.41) is 12.7. The molecule has 114 valence electrons. The summed E-state index contributed by atoms with van der Waals surface area (Å²) < 4.78 is 31.5. The minimum Gasteiger partial charge on any atom is -0.490 e. The summed E-state index contributed by atoms with van der Waals surface area (Å²) in [7, 11) is 0. The number of hydrogen-bond acceptors (Lipinski definition) is 3. The van der Waals surface area contributed by atoms with Gasteiger partial charge in [-0.25, -0.2) is 8.78 Å². The number of nitrogens with one attached hydrogen (secondary N) is 1. The zero-order chi connectivity index (χ0) is 15.2. The van der Waals surface area contributed by atoms with Crippen LogP contribution in [-0.4, -0.2) is 29.9 Å². The van der Waals surface area contributed by atoms with Gasteiger partial charge in [-0.1, -0.05) is 13.8 Å². The highest BCUT2D eigenvalue weighted by atomic mass is 19.1. The summed E-state index contributed by atoms with van der Waals surface area (Å²) in [6, 6.07) is 3.39. The van der Waals surface area contributed by atoms with Gasteiger partial charge in [-0.3, -0.25) is 0 Å². The standard InChI is InChI=1S/C15H23F2NO2/c1-11(2)18-15(3,10-19)7-4-8-20-14-9-12(16)5-6-13(14)17/h5-6,9,11,18-19H,4,7-8,10H2,1-3H3. The summed E-state index contributed by atoms with van der Waals surface area (Å²) in [4.78, 5) is 0. The molecule has 0 aromatic heterocycles. The first kappa shape index (κ1) is 16.9. The van der Waals surface area contributed by atoms with E-state index in [1.54, 1.807) is 0 Å². The molecular formula is C15H23F2NO2. The summed E-state index contributed by atoms with van der Waals surface area (Å²) in [5.74, 6) is -1.17. The van der Waals surface area contributed by atoms with Gasteiger partial charge in [-0.05, 0) is 31.9 Å². The molecule has 0 amide bonds. The maximum Gasteiger partial charge on any atom is 0.165 e. The van der Waals surface area contributed by atoms with Gasteiger partial charge in [0.2, 0.25) is 0 Å². The first-order valence-electron chi connectivity index (χ1n) is 6.83. The van der Waals surface area contributed by atoms with Crippen molar-refractivity contribution in [1.29, 1.82) is 0 Å². The van der Waals surface area contributed by atoms with Crippen LogP contribution in [0.4, 0.5) is 8.78 Å². The first-order valence-corrected chi connectivity index (χ1v) is 6.83. The zero-order valence-electron chi connectivity index (χ0n) is 12.2. The quantitative estimate of drug-likeness (QED) is 0.722. The van der Waals surface area contributed by atoms with Crippen molar-refractivity contribution >= 4 is 0 Å². The number of benzene rings is 1. The molecule has 5 heteroatoms. The number of rotatable bonds is 8. The van der Waals surface area contributed by atoms with E-state index in [0.717, 1.165) is 18.2 Å². The molecule has 0 bridgehead atoms. The third-order valence-corrected chi connectivity index (χ3v) is 3.01. The van der Waals surface area contributed by atoms with E-state index in [-0.39, 0.29) is 25.0 Å². The molecule has 3 nitrogen and oxygen atoms in total. The Morgan fingerprint density at radius 1 is 1.35 bits per heavy atom. The van der Waals surface area contributed by atoms with Crippen molar-refractivity contribution in [1.82, 2.24) is 5.32 Å². The largest absolute Gasteiger partial charge is 0.490 e. The molecule has 0 fully saturated rings. The second-order valence-electron chi connectivity index (χ2n) is 5.54. The van der Waals surface area contributed by atoms with Crippen molar-refractivity contribution in [2.24, 2.45) is 0 Å². The van der Waals surface area contributed by atoms with Crippen molar-refractivity contribution in [3.8, 4) is 5.75 Å². The normalized spacial score (nSPS) is 14.3. The molecular weight excluding hydrogens is 264 g/mol. The molecule has 1 atom stereocenters. The van der Waals surface area contributed by atoms with E-state index < -0.39 is 17.2 Å². The van der Waals surface area contributed by atoms with Gasteiger partial charge in [0.15, 0.2) is 11.6 Å². The lowest BCUT2D eigenvalue weighted by Gasteiger charge is -2.31. The van der Waals surface area contributed by atoms with Gasteiger partial charge >= 0.3 is 0 Å². The van der Waals surface area contributed by atoms with Crippen molar-refractivity contribution in [2.75, 3.05) is 13.2 Å². The minimum absolute atomic E-state index is 0.0134. The molecule has 0 spiro atoms. The van der Waals surface area contributed by atoms with Crippen LogP contribution in [0.1, 0.15) is 33.6 Å². The fraction of sp³-hybridized carbons (Fsp3) is 0.600. The molecule has 0 saturated carbocycles. The fourth-order valence-corrected chi connectivity index (χ4v) is 2.13. The Balaban J connectivity index is 2.42. The molecule has 0 aliphatic carbocycles. The molecule has 0 aliphatic rings. The fourth-order valence-electron chi connectivity index (χ4n) is 2.13. The average Bonchev–Trinajstić information content (AvgIpc) is 2.38. The van der Waals surface area contributed by atoms with Crippen LogP contribution in [0.15, 0.2) is 18.2 Å². The van der Waals surface area contributed by atoms with E-state index >= 15 is 0 Å². The maximum atomic E-state index is 13.3. The highest BCUT2D eigenvalue weighted by molar-refractivity contribution is 5.24. The number of aliphatic hydroxyl groups excluding tert-OH is 1. The van der Waals surface area contributed by atoms with Crippen LogP contribution in [0.5, 0.6) is 5.75 Å². The monoisotopic (exact) mass is 287 g/mol. The number of aliphatic hydroxyl groups is 1. The van der Waals surface area contributed by atoms with Crippen LogP contribution in [0.25, 0.3) is 0 Å². The van der Waals surface area contributed by atoms with E-state index in [1.807, 2.05) is 20.8 Å². The molecule has 20 heavy (non-hydrogen) atoms. The van der Waals surface area contributed by atoms with E-state index in [1.165, 1.54) is 0 Å². The van der Waals surface area contributed by atoms with Gasteiger partial charge in [-0.15, -0.1) is 0 Å². The summed E-state index contributed by atoms with van der Waals surface area (Å²) in [6.07, 6.45) is 1.31. The lowest BCUT2D eigenvalue weighted by atomic mass is 9.96. The third kappa shape index (κ3) is 5.43. The van der Waals surface area contributed by atoms with Crippen LogP contribution in [-0.2, 0) is 0 Å². The van der Waals surface area contributed by atoms with Gasteiger partial charge in [0.05, 0.1) is 13.2 Å². The number of hydrogen-bond donors (Lipinski definition) is 2. The van der Waals surface area contributed by atoms with Crippen molar-refractivity contribution < 1.29 is 18.6 Å².